The molecule has 0 aliphatic heterocycles. The molecule has 3 aromatic rings. The van der Waals surface area contributed by atoms with Crippen molar-refractivity contribution in [3.05, 3.63) is 60.3 Å². The SMILES string of the molecule is CCOC(=O)CNC(=O)c1cnc(Nc2ccc(OC)cc2)c2ccccc12. The van der Waals surface area contributed by atoms with Gasteiger partial charge in [-0.3, -0.25) is 9.59 Å². The fourth-order valence-electron chi connectivity index (χ4n) is 2.74. The monoisotopic (exact) mass is 379 g/mol. The van der Waals surface area contributed by atoms with E-state index in [9.17, 15) is 9.59 Å². The lowest BCUT2D eigenvalue weighted by Gasteiger charge is -2.12. The molecule has 0 bridgehead atoms. The van der Waals surface area contributed by atoms with E-state index in [1.807, 2.05) is 48.5 Å². The second-order valence-electron chi connectivity index (χ2n) is 5.91. The molecular formula is C21H21N3O4. The van der Waals surface area contributed by atoms with Crippen LogP contribution in [0.25, 0.3) is 10.8 Å². The molecule has 7 nitrogen and oxygen atoms in total. The number of amides is 1. The van der Waals surface area contributed by atoms with E-state index in [0.29, 0.717) is 11.4 Å². The van der Waals surface area contributed by atoms with Crippen LogP contribution in [0.4, 0.5) is 11.5 Å². The Morgan fingerprint density at radius 1 is 1.04 bits per heavy atom. The zero-order valence-corrected chi connectivity index (χ0v) is 15.7. The molecule has 0 fully saturated rings. The summed E-state index contributed by atoms with van der Waals surface area (Å²) in [6.07, 6.45) is 1.49. The Bertz CT molecular complexity index is 987. The number of pyridine rings is 1. The number of ether oxygens (including phenoxy) is 2. The number of esters is 1. The van der Waals surface area contributed by atoms with Crippen LogP contribution in [0.2, 0.25) is 0 Å². The average Bonchev–Trinajstić information content (AvgIpc) is 2.73. The maximum absolute atomic E-state index is 12.5. The number of hydrogen-bond donors (Lipinski definition) is 2. The summed E-state index contributed by atoms with van der Waals surface area (Å²) in [4.78, 5) is 28.4. The van der Waals surface area contributed by atoms with Crippen LogP contribution >= 0.6 is 0 Å². The van der Waals surface area contributed by atoms with Crippen LogP contribution in [0.5, 0.6) is 5.75 Å². The Hall–Kier alpha value is -3.61. The molecule has 144 valence electrons. The molecule has 2 aromatic carbocycles. The molecule has 3 rings (SSSR count). The van der Waals surface area contributed by atoms with E-state index in [0.717, 1.165) is 22.2 Å². The third-order valence-corrected chi connectivity index (χ3v) is 4.09. The van der Waals surface area contributed by atoms with Crippen molar-refractivity contribution in [1.82, 2.24) is 10.3 Å². The Kier molecular flexibility index (Phi) is 6.06. The molecule has 2 N–H and O–H groups in total. The van der Waals surface area contributed by atoms with Gasteiger partial charge in [0.05, 0.1) is 19.3 Å². The van der Waals surface area contributed by atoms with Gasteiger partial charge in [-0.15, -0.1) is 0 Å². The minimum absolute atomic E-state index is 0.188. The summed E-state index contributed by atoms with van der Waals surface area (Å²) < 4.78 is 10.00. The third-order valence-electron chi connectivity index (χ3n) is 4.09. The van der Waals surface area contributed by atoms with Gasteiger partial charge in [0.15, 0.2) is 0 Å². The number of hydrogen-bond acceptors (Lipinski definition) is 6. The quantitative estimate of drug-likeness (QED) is 0.613. The van der Waals surface area contributed by atoms with Gasteiger partial charge >= 0.3 is 5.97 Å². The molecule has 0 aliphatic rings. The zero-order chi connectivity index (χ0) is 19.9. The highest BCUT2D eigenvalue weighted by molar-refractivity contribution is 6.10. The first-order chi connectivity index (χ1) is 13.6. The van der Waals surface area contributed by atoms with Crippen LogP contribution in [-0.2, 0) is 9.53 Å². The van der Waals surface area contributed by atoms with Crippen LogP contribution in [0.3, 0.4) is 0 Å². The van der Waals surface area contributed by atoms with Crippen molar-refractivity contribution in [1.29, 1.82) is 0 Å². The van der Waals surface area contributed by atoms with Gasteiger partial charge < -0.3 is 20.1 Å². The molecule has 1 amide bonds. The number of nitrogens with zero attached hydrogens (tertiary/aromatic N) is 1. The number of rotatable bonds is 7. The fourth-order valence-corrected chi connectivity index (χ4v) is 2.74. The van der Waals surface area contributed by atoms with Gasteiger partial charge in [-0.25, -0.2) is 4.98 Å². The van der Waals surface area contributed by atoms with E-state index < -0.39 is 5.97 Å². The van der Waals surface area contributed by atoms with Crippen molar-refractivity contribution in [3.63, 3.8) is 0 Å². The van der Waals surface area contributed by atoms with Crippen LogP contribution < -0.4 is 15.4 Å². The first-order valence-electron chi connectivity index (χ1n) is 8.85. The minimum atomic E-state index is -0.481. The number of benzene rings is 2. The van der Waals surface area contributed by atoms with Crippen LogP contribution in [0.1, 0.15) is 17.3 Å². The van der Waals surface area contributed by atoms with Gasteiger partial charge in [-0.2, -0.15) is 0 Å². The summed E-state index contributed by atoms with van der Waals surface area (Å²) in [6, 6.07) is 14.9. The smallest absolute Gasteiger partial charge is 0.325 e. The van der Waals surface area contributed by atoms with Gasteiger partial charge in [-0.05, 0) is 36.6 Å². The first kappa shape index (κ1) is 19.2. The van der Waals surface area contributed by atoms with Gasteiger partial charge in [0.1, 0.15) is 18.1 Å². The second-order valence-corrected chi connectivity index (χ2v) is 5.91. The van der Waals surface area contributed by atoms with E-state index in [1.54, 1.807) is 14.0 Å². The van der Waals surface area contributed by atoms with Gasteiger partial charge in [-0.1, -0.05) is 24.3 Å². The molecule has 0 spiro atoms. The summed E-state index contributed by atoms with van der Waals surface area (Å²) in [5.41, 5.74) is 1.23. The summed E-state index contributed by atoms with van der Waals surface area (Å²) in [5, 5.41) is 7.35. The molecular weight excluding hydrogens is 358 g/mol. The Labute approximate surface area is 162 Å². The minimum Gasteiger partial charge on any atom is -0.497 e. The molecule has 0 aliphatic carbocycles. The Balaban J connectivity index is 1.85. The number of carbonyl (C=O) groups excluding carboxylic acids is 2. The lowest BCUT2D eigenvalue weighted by molar-refractivity contribution is -0.141. The van der Waals surface area contributed by atoms with Crippen molar-refractivity contribution in [2.45, 2.75) is 6.92 Å². The largest absolute Gasteiger partial charge is 0.497 e. The summed E-state index contributed by atoms with van der Waals surface area (Å²) in [6.45, 7) is 1.80. The highest BCUT2D eigenvalue weighted by atomic mass is 16.5. The van der Waals surface area contributed by atoms with Crippen molar-refractivity contribution in [2.75, 3.05) is 25.6 Å². The molecule has 7 heteroatoms. The van der Waals surface area contributed by atoms with Crippen molar-refractivity contribution in [3.8, 4) is 5.75 Å². The van der Waals surface area contributed by atoms with Gasteiger partial charge in [0, 0.05) is 17.3 Å². The van der Waals surface area contributed by atoms with E-state index in [-0.39, 0.29) is 19.1 Å². The van der Waals surface area contributed by atoms with Crippen molar-refractivity contribution < 1.29 is 19.1 Å². The topological polar surface area (TPSA) is 89.5 Å². The number of nitrogens with one attached hydrogen (secondary N) is 2. The maximum Gasteiger partial charge on any atom is 0.325 e. The summed E-state index contributed by atoms with van der Waals surface area (Å²) >= 11 is 0. The average molecular weight is 379 g/mol. The highest BCUT2D eigenvalue weighted by Gasteiger charge is 2.15. The van der Waals surface area contributed by atoms with Crippen molar-refractivity contribution >= 4 is 34.2 Å². The number of anilines is 2. The van der Waals surface area contributed by atoms with E-state index in [1.165, 1.54) is 6.20 Å². The number of fused-ring (bicyclic) bond motifs is 1. The molecule has 1 heterocycles. The Morgan fingerprint density at radius 3 is 2.43 bits per heavy atom. The van der Waals surface area contributed by atoms with E-state index in [2.05, 4.69) is 15.6 Å². The molecule has 0 atom stereocenters. The predicted octanol–water partition coefficient (Wildman–Crippen LogP) is 3.28. The molecule has 28 heavy (non-hydrogen) atoms. The first-order valence-corrected chi connectivity index (χ1v) is 8.85. The second kappa shape index (κ2) is 8.85. The third kappa shape index (κ3) is 4.37. The number of carbonyl (C=O) groups is 2. The normalized spacial score (nSPS) is 10.4. The van der Waals surface area contributed by atoms with Crippen LogP contribution in [0.15, 0.2) is 54.7 Å². The number of aromatic nitrogens is 1. The van der Waals surface area contributed by atoms with E-state index >= 15 is 0 Å². The van der Waals surface area contributed by atoms with Gasteiger partial charge in [0.2, 0.25) is 0 Å². The zero-order valence-electron chi connectivity index (χ0n) is 15.7. The van der Waals surface area contributed by atoms with Crippen LogP contribution in [0, 0.1) is 0 Å². The number of methoxy groups -OCH3 is 1. The molecule has 0 saturated carbocycles. The summed E-state index contributed by atoms with van der Waals surface area (Å²) in [7, 11) is 1.61. The summed E-state index contributed by atoms with van der Waals surface area (Å²) in [5.74, 6) is 0.526. The molecule has 1 aromatic heterocycles. The molecule has 0 unspecified atom stereocenters. The maximum atomic E-state index is 12.5. The van der Waals surface area contributed by atoms with Crippen molar-refractivity contribution in [2.24, 2.45) is 0 Å². The predicted molar refractivity (Wildman–Crippen MR) is 107 cm³/mol. The molecule has 0 radical (unpaired) electrons. The van der Waals surface area contributed by atoms with Gasteiger partial charge in [0.25, 0.3) is 5.91 Å². The van der Waals surface area contributed by atoms with Crippen LogP contribution in [-0.4, -0.2) is 37.1 Å². The fraction of sp³-hybridized carbons (Fsp3) is 0.190. The highest BCUT2D eigenvalue weighted by Crippen LogP contribution is 2.27. The Morgan fingerprint density at radius 2 is 1.75 bits per heavy atom. The van der Waals surface area contributed by atoms with E-state index in [4.69, 9.17) is 9.47 Å². The molecule has 0 saturated heterocycles. The lowest BCUT2D eigenvalue weighted by atomic mass is 10.1. The standard InChI is InChI=1S/C21H21N3O4/c1-3-28-19(25)13-23-21(26)18-12-22-20(17-7-5-4-6-16(17)18)24-14-8-10-15(27-2)11-9-14/h4-12H,3,13H2,1-2H3,(H,22,24)(H,23,26). The lowest BCUT2D eigenvalue weighted by Crippen LogP contribution is -2.30.